The molecule has 3 rings (SSSR count). The number of amides is 2. The fourth-order valence-corrected chi connectivity index (χ4v) is 4.02. The molecule has 0 bridgehead atoms. The maximum atomic E-state index is 13.6. The molecule has 30 heavy (non-hydrogen) atoms. The molecule has 0 radical (unpaired) electrons. The Morgan fingerprint density at radius 1 is 0.967 bits per heavy atom. The molecule has 4 nitrogen and oxygen atoms in total. The van der Waals surface area contributed by atoms with Gasteiger partial charge in [0.25, 0.3) is 0 Å². The Labute approximate surface area is 180 Å². The number of hydrogen-bond acceptors (Lipinski definition) is 3. The number of benzene rings is 3. The third-order valence-electron chi connectivity index (χ3n) is 4.76. The average molecular weight is 425 g/mol. The van der Waals surface area contributed by atoms with Gasteiger partial charge in [0, 0.05) is 18.1 Å². The summed E-state index contributed by atoms with van der Waals surface area (Å²) in [5.41, 5.74) is 1.59. The maximum Gasteiger partial charge on any atom is 0.242 e. The first-order valence-electron chi connectivity index (χ1n) is 9.89. The fourth-order valence-electron chi connectivity index (χ4n) is 3.17. The second-order valence-electron chi connectivity index (χ2n) is 7.04. The lowest BCUT2D eigenvalue weighted by Crippen LogP contribution is -2.45. The largest absolute Gasteiger partial charge is 0.353 e. The first-order valence-corrected chi connectivity index (χ1v) is 11.0. The van der Waals surface area contributed by atoms with E-state index in [-0.39, 0.29) is 24.1 Å². The van der Waals surface area contributed by atoms with Gasteiger partial charge in [0.05, 0.1) is 6.42 Å². The minimum absolute atomic E-state index is 0.192. The number of carbonyl (C=O) groups is 2. The van der Waals surface area contributed by atoms with Gasteiger partial charge in [-0.15, -0.1) is 0 Å². The molecule has 0 aliphatic carbocycles. The van der Waals surface area contributed by atoms with Crippen LogP contribution in [-0.2, 0) is 21.8 Å². The molecule has 3 aromatic rings. The van der Waals surface area contributed by atoms with Crippen LogP contribution in [0.3, 0.4) is 0 Å². The number of carbonyl (C=O) groups excluding carboxylic acids is 2. The van der Waals surface area contributed by atoms with Gasteiger partial charge in [0.2, 0.25) is 11.8 Å². The highest BCUT2D eigenvalue weighted by Gasteiger charge is 2.16. The molecule has 1 atom stereocenters. The monoisotopic (exact) mass is 424 g/mol. The molecule has 0 unspecified atom stereocenters. The van der Waals surface area contributed by atoms with Crippen LogP contribution in [0, 0.1) is 5.82 Å². The minimum Gasteiger partial charge on any atom is -0.353 e. The van der Waals surface area contributed by atoms with Gasteiger partial charge in [0.1, 0.15) is 11.9 Å². The average Bonchev–Trinajstić information content (AvgIpc) is 2.74. The summed E-state index contributed by atoms with van der Waals surface area (Å²) in [6.45, 7) is 2.13. The van der Waals surface area contributed by atoms with E-state index in [2.05, 4.69) is 10.6 Å². The van der Waals surface area contributed by atoms with Gasteiger partial charge >= 0.3 is 0 Å². The number of rotatable bonds is 9. The van der Waals surface area contributed by atoms with Crippen molar-refractivity contribution in [2.75, 3.05) is 12.3 Å². The molecule has 0 aromatic heterocycles. The van der Waals surface area contributed by atoms with E-state index in [9.17, 15) is 14.0 Å². The van der Waals surface area contributed by atoms with Crippen molar-refractivity contribution in [3.05, 3.63) is 83.7 Å². The number of halogens is 1. The minimum atomic E-state index is -0.621. The predicted molar refractivity (Wildman–Crippen MR) is 121 cm³/mol. The van der Waals surface area contributed by atoms with Crippen molar-refractivity contribution in [1.29, 1.82) is 0 Å². The summed E-state index contributed by atoms with van der Waals surface area (Å²) in [6.07, 6.45) is 0.220. The van der Waals surface area contributed by atoms with Crippen LogP contribution in [0.15, 0.2) is 66.7 Å². The maximum absolute atomic E-state index is 13.6. The van der Waals surface area contributed by atoms with Crippen LogP contribution in [0.2, 0.25) is 0 Å². The van der Waals surface area contributed by atoms with Gasteiger partial charge in [-0.25, -0.2) is 4.39 Å². The van der Waals surface area contributed by atoms with Gasteiger partial charge in [0.15, 0.2) is 0 Å². The van der Waals surface area contributed by atoms with Crippen LogP contribution in [0.4, 0.5) is 4.39 Å². The zero-order valence-corrected chi connectivity index (χ0v) is 17.7. The molecule has 0 saturated heterocycles. The zero-order chi connectivity index (χ0) is 21.3. The highest BCUT2D eigenvalue weighted by Crippen LogP contribution is 2.19. The van der Waals surface area contributed by atoms with Gasteiger partial charge < -0.3 is 10.6 Å². The Balaban J connectivity index is 1.40. The third kappa shape index (κ3) is 6.07. The smallest absolute Gasteiger partial charge is 0.242 e. The van der Waals surface area contributed by atoms with Gasteiger partial charge in [-0.2, -0.15) is 11.8 Å². The summed E-state index contributed by atoms with van der Waals surface area (Å²) in [4.78, 5) is 24.6. The van der Waals surface area contributed by atoms with Gasteiger partial charge in [-0.3, -0.25) is 9.59 Å². The molecule has 0 aliphatic heterocycles. The van der Waals surface area contributed by atoms with Gasteiger partial charge in [-0.05, 0) is 34.9 Å². The number of nitrogens with one attached hydrogen (secondary N) is 2. The van der Waals surface area contributed by atoms with Gasteiger partial charge in [-0.1, -0.05) is 60.7 Å². The first-order chi connectivity index (χ1) is 14.5. The highest BCUT2D eigenvalue weighted by molar-refractivity contribution is 7.98. The molecule has 6 heteroatoms. The Morgan fingerprint density at radius 3 is 2.50 bits per heavy atom. The SMILES string of the molecule is C[C@H](NC(=O)Cc1cccc2ccccc12)C(=O)NCCSCc1ccccc1F. The molecule has 3 aromatic carbocycles. The van der Waals surface area contributed by atoms with Crippen molar-refractivity contribution >= 4 is 34.3 Å². The molecule has 0 saturated carbocycles. The zero-order valence-electron chi connectivity index (χ0n) is 16.9. The number of fused-ring (bicyclic) bond motifs is 1. The molecular weight excluding hydrogens is 399 g/mol. The van der Waals surface area contributed by atoms with Crippen LogP contribution in [0.25, 0.3) is 10.8 Å². The summed E-state index contributed by atoms with van der Waals surface area (Å²) in [6, 6.07) is 19.8. The fraction of sp³-hybridized carbons (Fsp3) is 0.250. The van der Waals surface area contributed by atoms with E-state index >= 15 is 0 Å². The lowest BCUT2D eigenvalue weighted by Gasteiger charge is -2.15. The molecule has 0 spiro atoms. The molecule has 0 fully saturated rings. The lowest BCUT2D eigenvalue weighted by molar-refractivity contribution is -0.128. The van der Waals surface area contributed by atoms with E-state index in [4.69, 9.17) is 0 Å². The second-order valence-corrected chi connectivity index (χ2v) is 8.14. The van der Waals surface area contributed by atoms with Crippen molar-refractivity contribution in [2.24, 2.45) is 0 Å². The summed E-state index contributed by atoms with van der Waals surface area (Å²) < 4.78 is 13.6. The normalized spacial score (nSPS) is 11.8. The topological polar surface area (TPSA) is 58.2 Å². The third-order valence-corrected chi connectivity index (χ3v) is 5.77. The van der Waals surface area contributed by atoms with Crippen molar-refractivity contribution < 1.29 is 14.0 Å². The first kappa shape index (κ1) is 21.8. The summed E-state index contributed by atoms with van der Waals surface area (Å²) in [5, 5.41) is 7.70. The van der Waals surface area contributed by atoms with E-state index in [0.29, 0.717) is 23.6 Å². The second kappa shape index (κ2) is 10.8. The van der Waals surface area contributed by atoms with E-state index < -0.39 is 6.04 Å². The summed E-state index contributed by atoms with van der Waals surface area (Å²) in [7, 11) is 0. The molecule has 2 amide bonds. The molecular formula is C24H25FN2O2S. The van der Waals surface area contributed by atoms with E-state index in [1.54, 1.807) is 30.8 Å². The van der Waals surface area contributed by atoms with Crippen LogP contribution in [0.5, 0.6) is 0 Å². The van der Waals surface area contributed by atoms with Crippen molar-refractivity contribution in [2.45, 2.75) is 25.1 Å². The quantitative estimate of drug-likeness (QED) is 0.509. The van der Waals surface area contributed by atoms with E-state index in [1.165, 1.54) is 6.07 Å². The Bertz CT molecular complexity index is 1020. The summed E-state index contributed by atoms with van der Waals surface area (Å²) in [5.74, 6) is 0.587. The predicted octanol–water partition coefficient (Wildman–Crippen LogP) is 4.08. The van der Waals surface area contributed by atoms with Crippen LogP contribution >= 0.6 is 11.8 Å². The summed E-state index contributed by atoms with van der Waals surface area (Å²) >= 11 is 1.55. The van der Waals surface area contributed by atoms with Crippen molar-refractivity contribution in [3.8, 4) is 0 Å². The molecule has 0 heterocycles. The number of hydrogen-bond donors (Lipinski definition) is 2. The molecule has 0 aliphatic rings. The Kier molecular flexibility index (Phi) is 7.85. The Hall–Kier alpha value is -2.86. The van der Waals surface area contributed by atoms with Crippen LogP contribution < -0.4 is 10.6 Å². The van der Waals surface area contributed by atoms with E-state index in [0.717, 1.165) is 16.3 Å². The standard InChI is InChI=1S/C24H25FN2O2S/c1-17(24(29)26-13-14-30-16-20-8-3-5-12-22(20)25)27-23(28)15-19-10-6-9-18-7-2-4-11-21(18)19/h2-12,17H,13-16H2,1H3,(H,26,29)(H,27,28)/t17-/m0/s1. The Morgan fingerprint density at radius 2 is 1.67 bits per heavy atom. The molecule has 2 N–H and O–H groups in total. The van der Waals surface area contributed by atoms with E-state index in [1.807, 2.05) is 48.5 Å². The lowest BCUT2D eigenvalue weighted by atomic mass is 10.0. The number of thioether (sulfide) groups is 1. The van der Waals surface area contributed by atoms with Crippen LogP contribution in [-0.4, -0.2) is 30.2 Å². The van der Waals surface area contributed by atoms with Crippen molar-refractivity contribution in [3.63, 3.8) is 0 Å². The van der Waals surface area contributed by atoms with Crippen molar-refractivity contribution in [1.82, 2.24) is 10.6 Å². The highest BCUT2D eigenvalue weighted by atomic mass is 32.2. The van der Waals surface area contributed by atoms with Crippen LogP contribution in [0.1, 0.15) is 18.1 Å². The molecule has 156 valence electrons.